The highest BCUT2D eigenvalue weighted by Gasteiger charge is 2.36. The van der Waals surface area contributed by atoms with Gasteiger partial charge in [0, 0.05) is 7.05 Å². The lowest BCUT2D eigenvalue weighted by Gasteiger charge is -2.31. The number of rotatable bonds is 15. The molecule has 0 radical (unpaired) electrons. The highest BCUT2D eigenvalue weighted by Crippen LogP contribution is 2.34. The van der Waals surface area contributed by atoms with Gasteiger partial charge in [-0.25, -0.2) is 13.8 Å². The van der Waals surface area contributed by atoms with Crippen LogP contribution < -0.4 is 10.9 Å². The zero-order valence-electron chi connectivity index (χ0n) is 21.4. The second-order valence-electron chi connectivity index (χ2n) is 9.93. The Hall–Kier alpha value is -1.97. The van der Waals surface area contributed by atoms with Crippen LogP contribution in [0.2, 0.25) is 0 Å². The Labute approximate surface area is 204 Å². The van der Waals surface area contributed by atoms with Gasteiger partial charge in [0.1, 0.15) is 0 Å². The molecular weight excluding hydrogens is 456 g/mol. The van der Waals surface area contributed by atoms with Crippen molar-refractivity contribution in [3.8, 4) is 0 Å². The van der Waals surface area contributed by atoms with Gasteiger partial charge in [0.15, 0.2) is 9.84 Å². The van der Waals surface area contributed by atoms with Gasteiger partial charge in [-0.15, -0.1) is 0 Å². The Kier molecular flexibility index (Phi) is 11.7. The first kappa shape index (κ1) is 30.1. The summed E-state index contributed by atoms with van der Waals surface area (Å²) in [5.41, 5.74) is 5.84. The third kappa shape index (κ3) is 9.35. The predicted octanol–water partition coefficient (Wildman–Crippen LogP) is 2.54. The summed E-state index contributed by atoms with van der Waals surface area (Å²) in [6.45, 7) is 9.22. The van der Waals surface area contributed by atoms with Crippen molar-refractivity contribution in [2.24, 2.45) is 11.3 Å². The van der Waals surface area contributed by atoms with E-state index < -0.39 is 20.7 Å². The van der Waals surface area contributed by atoms with E-state index in [0.717, 1.165) is 11.1 Å². The van der Waals surface area contributed by atoms with E-state index in [0.29, 0.717) is 32.3 Å². The first-order chi connectivity index (χ1) is 15.8. The molecule has 1 aromatic carbocycles. The molecule has 0 heterocycles. The Balaban J connectivity index is 3.06. The topological polar surface area (TPSA) is 122 Å². The average Bonchev–Trinajstić information content (AvgIpc) is 2.73. The molecule has 1 aromatic rings. The lowest BCUT2D eigenvalue weighted by atomic mass is 9.75. The van der Waals surface area contributed by atoms with E-state index in [1.165, 1.54) is 0 Å². The van der Waals surface area contributed by atoms with Crippen molar-refractivity contribution in [2.45, 2.75) is 65.7 Å². The Morgan fingerprint density at radius 3 is 2.44 bits per heavy atom. The molecule has 1 amide bonds. The number of hydrogen-bond acceptors (Lipinski definition) is 7. The van der Waals surface area contributed by atoms with Crippen molar-refractivity contribution in [1.82, 2.24) is 10.9 Å². The van der Waals surface area contributed by atoms with Crippen LogP contribution in [0, 0.1) is 11.3 Å². The van der Waals surface area contributed by atoms with E-state index in [9.17, 15) is 18.0 Å². The van der Waals surface area contributed by atoms with E-state index in [4.69, 9.17) is 9.84 Å². The summed E-state index contributed by atoms with van der Waals surface area (Å²) in [4.78, 5) is 25.1. The summed E-state index contributed by atoms with van der Waals surface area (Å²) in [6, 6.07) is 7.69. The van der Waals surface area contributed by atoms with Gasteiger partial charge in [-0.05, 0) is 49.7 Å². The SMILES string of the molecule is CCOC(=O)C(C)Cc1cccc(C(C)(CCCC(C)(C)CS(=O)(=O)CCO)C(=O)NNC)c1. The molecule has 8 nitrogen and oxygen atoms in total. The molecule has 0 spiro atoms. The van der Waals surface area contributed by atoms with Gasteiger partial charge in [-0.3, -0.25) is 15.0 Å². The number of hydrazine groups is 1. The lowest BCUT2D eigenvalue weighted by molar-refractivity contribution is -0.147. The van der Waals surface area contributed by atoms with Gasteiger partial charge >= 0.3 is 5.97 Å². The van der Waals surface area contributed by atoms with E-state index in [1.807, 2.05) is 52.0 Å². The van der Waals surface area contributed by atoms with Crippen LogP contribution in [0.3, 0.4) is 0 Å². The molecule has 0 saturated carbocycles. The number of aliphatic hydroxyl groups is 1. The van der Waals surface area contributed by atoms with Crippen LogP contribution in [0.25, 0.3) is 0 Å². The van der Waals surface area contributed by atoms with Crippen molar-refractivity contribution in [3.05, 3.63) is 35.4 Å². The number of nitrogens with one attached hydrogen (secondary N) is 2. The smallest absolute Gasteiger partial charge is 0.308 e. The molecular formula is C25H42N2O6S. The Bertz CT molecular complexity index is 916. The zero-order valence-corrected chi connectivity index (χ0v) is 22.3. The van der Waals surface area contributed by atoms with Crippen LogP contribution in [0.1, 0.15) is 65.0 Å². The van der Waals surface area contributed by atoms with Crippen LogP contribution in [0.15, 0.2) is 24.3 Å². The summed E-state index contributed by atoms with van der Waals surface area (Å²) in [5.74, 6) is -0.982. The number of benzene rings is 1. The summed E-state index contributed by atoms with van der Waals surface area (Å²) < 4.78 is 29.5. The quantitative estimate of drug-likeness (QED) is 0.251. The minimum absolute atomic E-state index is 0.0127. The van der Waals surface area contributed by atoms with Crippen LogP contribution in [-0.4, -0.2) is 57.2 Å². The van der Waals surface area contributed by atoms with Gasteiger partial charge in [0.2, 0.25) is 5.91 Å². The fraction of sp³-hybridized carbons (Fsp3) is 0.680. The Morgan fingerprint density at radius 1 is 1.18 bits per heavy atom. The molecule has 0 aliphatic heterocycles. The molecule has 2 atom stereocenters. The maximum absolute atomic E-state index is 13.1. The first-order valence-corrected chi connectivity index (χ1v) is 13.7. The standard InChI is InChI=1S/C25H42N2O6S/c1-7-33-22(29)19(2)16-20-10-8-11-21(17-20)25(5,23(30)27-26-6)13-9-12-24(3,4)18-34(31,32)15-14-28/h8,10-11,17,19,26,28H,7,9,12-16,18H2,1-6H3,(H,27,30). The van der Waals surface area contributed by atoms with Crippen LogP contribution in [-0.2, 0) is 36.0 Å². The molecule has 0 aromatic heterocycles. The third-order valence-electron chi connectivity index (χ3n) is 6.08. The summed E-state index contributed by atoms with van der Waals surface area (Å²) in [7, 11) is -1.71. The van der Waals surface area contributed by atoms with Crippen LogP contribution in [0.5, 0.6) is 0 Å². The molecule has 1 rings (SSSR count). The second-order valence-corrected chi connectivity index (χ2v) is 12.1. The van der Waals surface area contributed by atoms with Crippen molar-refractivity contribution in [3.63, 3.8) is 0 Å². The third-order valence-corrected chi connectivity index (χ3v) is 8.10. The van der Waals surface area contributed by atoms with E-state index in [-0.39, 0.29) is 35.9 Å². The van der Waals surface area contributed by atoms with Gasteiger partial charge in [0.05, 0.1) is 36.1 Å². The highest BCUT2D eigenvalue weighted by atomic mass is 32.2. The maximum Gasteiger partial charge on any atom is 0.308 e. The molecule has 194 valence electrons. The van der Waals surface area contributed by atoms with E-state index in [2.05, 4.69) is 10.9 Å². The number of hydrogen-bond donors (Lipinski definition) is 3. The summed E-state index contributed by atoms with van der Waals surface area (Å²) in [6.07, 6.45) is 2.27. The van der Waals surface area contributed by atoms with Crippen LogP contribution >= 0.6 is 0 Å². The van der Waals surface area contributed by atoms with E-state index >= 15 is 0 Å². The van der Waals surface area contributed by atoms with Crippen LogP contribution in [0.4, 0.5) is 0 Å². The monoisotopic (exact) mass is 498 g/mol. The summed E-state index contributed by atoms with van der Waals surface area (Å²) in [5, 5.41) is 9.00. The fourth-order valence-corrected chi connectivity index (χ4v) is 5.96. The number of esters is 1. The number of amides is 1. The molecule has 0 aliphatic carbocycles. The molecule has 0 bridgehead atoms. The van der Waals surface area contributed by atoms with Gasteiger partial charge in [0.25, 0.3) is 0 Å². The Morgan fingerprint density at radius 2 is 1.85 bits per heavy atom. The molecule has 0 aliphatic rings. The molecule has 34 heavy (non-hydrogen) atoms. The number of carbonyl (C=O) groups is 2. The van der Waals surface area contributed by atoms with Gasteiger partial charge in [-0.2, -0.15) is 0 Å². The molecule has 0 fully saturated rings. The van der Waals surface area contributed by atoms with Crippen molar-refractivity contribution in [2.75, 3.05) is 31.8 Å². The van der Waals surface area contributed by atoms with Crippen molar-refractivity contribution < 1.29 is 27.9 Å². The average molecular weight is 499 g/mol. The van der Waals surface area contributed by atoms with E-state index in [1.54, 1.807) is 14.0 Å². The number of aliphatic hydroxyl groups excluding tert-OH is 1. The molecule has 2 unspecified atom stereocenters. The lowest BCUT2D eigenvalue weighted by Crippen LogP contribution is -2.47. The largest absolute Gasteiger partial charge is 0.466 e. The van der Waals surface area contributed by atoms with Gasteiger partial charge in [-0.1, -0.05) is 51.5 Å². The maximum atomic E-state index is 13.1. The molecule has 3 N–H and O–H groups in total. The second kappa shape index (κ2) is 13.2. The predicted molar refractivity (Wildman–Crippen MR) is 134 cm³/mol. The molecule has 0 saturated heterocycles. The van der Waals surface area contributed by atoms with Crippen molar-refractivity contribution >= 4 is 21.7 Å². The minimum Gasteiger partial charge on any atom is -0.466 e. The van der Waals surface area contributed by atoms with Crippen molar-refractivity contribution in [1.29, 1.82) is 0 Å². The zero-order chi connectivity index (χ0) is 26.0. The van der Waals surface area contributed by atoms with Gasteiger partial charge < -0.3 is 9.84 Å². The molecule has 9 heteroatoms. The summed E-state index contributed by atoms with van der Waals surface area (Å²) >= 11 is 0. The minimum atomic E-state index is -3.34. The first-order valence-electron chi connectivity index (χ1n) is 11.8. The highest BCUT2D eigenvalue weighted by molar-refractivity contribution is 7.91. The number of sulfone groups is 1. The normalized spacial score (nSPS) is 14.8. The fourth-order valence-electron chi connectivity index (χ4n) is 4.20. The number of ether oxygens (including phenoxy) is 1. The number of carbonyl (C=O) groups excluding carboxylic acids is 2.